The van der Waals surface area contributed by atoms with Crippen molar-refractivity contribution in [2.75, 3.05) is 11.6 Å². The summed E-state index contributed by atoms with van der Waals surface area (Å²) in [7, 11) is -3.85. The Bertz CT molecular complexity index is 1480. The van der Waals surface area contributed by atoms with E-state index in [4.69, 9.17) is 5.73 Å². The molecule has 1 aliphatic rings. The highest BCUT2D eigenvalue weighted by Gasteiger charge is 2.34. The van der Waals surface area contributed by atoms with Gasteiger partial charge in [0.15, 0.2) is 0 Å². The molecule has 6 nitrogen and oxygen atoms in total. The normalized spacial score (nSPS) is 15.8. The van der Waals surface area contributed by atoms with Gasteiger partial charge in [-0.05, 0) is 79.3 Å². The summed E-state index contributed by atoms with van der Waals surface area (Å²) in [4.78, 5) is 0.180. The number of hydrogen-bond acceptors (Lipinski definition) is 5. The zero-order valence-electron chi connectivity index (χ0n) is 23.1. The fraction of sp³-hybridized carbons (Fsp3) is 0.250. The largest absolute Gasteiger partial charge is 0.401 e. The average Bonchev–Trinajstić information content (AvgIpc) is 2.95. The van der Waals surface area contributed by atoms with Gasteiger partial charge in [0.1, 0.15) is 5.82 Å². The minimum atomic E-state index is -3.85. The van der Waals surface area contributed by atoms with Crippen molar-refractivity contribution in [1.82, 2.24) is 9.73 Å². The highest BCUT2D eigenvalue weighted by Crippen LogP contribution is 2.28. The van der Waals surface area contributed by atoms with E-state index in [0.717, 1.165) is 34.6 Å². The second-order valence-electron chi connectivity index (χ2n) is 9.96. The summed E-state index contributed by atoms with van der Waals surface area (Å²) in [5, 5.41) is 1.91. The van der Waals surface area contributed by atoms with E-state index in [2.05, 4.69) is 18.6 Å². The van der Waals surface area contributed by atoms with Crippen LogP contribution in [0.15, 0.2) is 114 Å². The third kappa shape index (κ3) is 6.46. The molecule has 0 saturated heterocycles. The van der Waals surface area contributed by atoms with E-state index in [0.29, 0.717) is 24.8 Å². The molecule has 0 amide bonds. The first-order chi connectivity index (χ1) is 19.1. The lowest BCUT2D eigenvalue weighted by Crippen LogP contribution is -2.47. The lowest BCUT2D eigenvalue weighted by atomic mass is 10.0. The van der Waals surface area contributed by atoms with Crippen LogP contribution in [0.5, 0.6) is 0 Å². The number of halogens is 1. The third-order valence-corrected chi connectivity index (χ3v) is 9.09. The number of rotatable bonds is 11. The monoisotopic (exact) mass is 560 g/mol. The molecule has 1 aliphatic heterocycles. The summed E-state index contributed by atoms with van der Waals surface area (Å²) in [6.07, 6.45) is 4.15. The first kappa shape index (κ1) is 29.1. The van der Waals surface area contributed by atoms with Gasteiger partial charge in [-0.15, -0.1) is 0 Å². The number of aryl methyl sites for hydroxylation is 2. The minimum Gasteiger partial charge on any atom is -0.401 e. The zero-order chi connectivity index (χ0) is 28.9. The van der Waals surface area contributed by atoms with Crippen LogP contribution < -0.4 is 16.2 Å². The molecule has 0 aliphatic carbocycles. The predicted octanol–water partition coefficient (Wildman–Crippen LogP) is 5.97. The van der Waals surface area contributed by atoms with Gasteiger partial charge < -0.3 is 5.73 Å². The molecule has 1 unspecified atom stereocenters. The van der Waals surface area contributed by atoms with Crippen molar-refractivity contribution < 1.29 is 12.8 Å². The molecule has 0 spiro atoms. The van der Waals surface area contributed by atoms with Gasteiger partial charge in [-0.25, -0.2) is 12.8 Å². The maximum atomic E-state index is 14.2. The van der Waals surface area contributed by atoms with Crippen LogP contribution in [0.2, 0.25) is 0 Å². The SMILES string of the molecule is C=C(N)C1C=C(NN(C(=C)CC)c2ccccc2)CCN1S(=O)(=O)c1ccc(CCc2c(C)cccc2F)cc1. The van der Waals surface area contributed by atoms with Crippen LogP contribution >= 0.6 is 0 Å². The molecule has 0 bridgehead atoms. The van der Waals surface area contributed by atoms with Gasteiger partial charge in [0.25, 0.3) is 0 Å². The molecule has 0 radical (unpaired) electrons. The number of nitrogens with one attached hydrogen (secondary N) is 1. The molecule has 0 aromatic heterocycles. The molecule has 8 heteroatoms. The molecule has 3 N–H and O–H groups in total. The Labute approximate surface area is 237 Å². The summed E-state index contributed by atoms with van der Waals surface area (Å²) < 4.78 is 43.0. The molecule has 1 atom stereocenters. The van der Waals surface area contributed by atoms with Gasteiger partial charge in [-0.2, -0.15) is 4.31 Å². The fourth-order valence-electron chi connectivity index (χ4n) is 4.80. The summed E-state index contributed by atoms with van der Waals surface area (Å²) in [6, 6.07) is 20.9. The van der Waals surface area contributed by atoms with Gasteiger partial charge in [0.2, 0.25) is 10.0 Å². The summed E-state index contributed by atoms with van der Waals surface area (Å²) in [5.41, 5.74) is 14.9. The molecular weight excluding hydrogens is 523 g/mol. The number of benzene rings is 3. The number of para-hydroxylation sites is 1. The van der Waals surface area contributed by atoms with Gasteiger partial charge >= 0.3 is 0 Å². The summed E-state index contributed by atoms with van der Waals surface area (Å²) >= 11 is 0. The molecular formula is C32H37FN4O2S. The fourth-order valence-corrected chi connectivity index (χ4v) is 6.38. The van der Waals surface area contributed by atoms with E-state index in [-0.39, 0.29) is 23.0 Å². The van der Waals surface area contributed by atoms with Gasteiger partial charge in [-0.1, -0.05) is 62.5 Å². The maximum absolute atomic E-state index is 14.2. The van der Waals surface area contributed by atoms with Gasteiger partial charge in [-0.3, -0.25) is 10.4 Å². The highest BCUT2D eigenvalue weighted by molar-refractivity contribution is 7.89. The molecule has 0 saturated carbocycles. The van der Waals surface area contributed by atoms with Crippen LogP contribution in [0.25, 0.3) is 0 Å². The molecule has 1 heterocycles. The number of nitrogens with zero attached hydrogens (tertiary/aromatic N) is 2. The van der Waals surface area contributed by atoms with Crippen molar-refractivity contribution >= 4 is 15.7 Å². The number of sulfonamides is 1. The Morgan fingerprint density at radius 1 is 1.05 bits per heavy atom. The topological polar surface area (TPSA) is 78.7 Å². The predicted molar refractivity (Wildman–Crippen MR) is 160 cm³/mol. The first-order valence-corrected chi connectivity index (χ1v) is 14.8. The first-order valence-electron chi connectivity index (χ1n) is 13.4. The maximum Gasteiger partial charge on any atom is 0.243 e. The Balaban J connectivity index is 1.51. The van der Waals surface area contributed by atoms with Crippen LogP contribution in [0, 0.1) is 12.7 Å². The van der Waals surface area contributed by atoms with E-state index < -0.39 is 16.1 Å². The van der Waals surface area contributed by atoms with Gasteiger partial charge in [0, 0.05) is 30.1 Å². The molecule has 3 aromatic rings. The smallest absolute Gasteiger partial charge is 0.243 e. The Morgan fingerprint density at radius 3 is 2.38 bits per heavy atom. The Hall–Kier alpha value is -3.88. The third-order valence-electron chi connectivity index (χ3n) is 7.19. The number of nitrogens with two attached hydrogens (primary N) is 1. The lowest BCUT2D eigenvalue weighted by Gasteiger charge is -2.36. The van der Waals surface area contributed by atoms with Crippen LogP contribution in [-0.2, 0) is 22.9 Å². The summed E-state index contributed by atoms with van der Waals surface area (Å²) in [5.74, 6) is -0.217. The van der Waals surface area contributed by atoms with E-state index in [1.165, 1.54) is 10.4 Å². The molecule has 40 heavy (non-hydrogen) atoms. The number of anilines is 1. The highest BCUT2D eigenvalue weighted by atomic mass is 32.2. The van der Waals surface area contributed by atoms with E-state index in [9.17, 15) is 12.8 Å². The number of hydrazine groups is 1. The van der Waals surface area contributed by atoms with Crippen LogP contribution in [0.4, 0.5) is 10.1 Å². The minimum absolute atomic E-state index is 0.180. The Kier molecular flexibility index (Phi) is 9.12. The second kappa shape index (κ2) is 12.5. The van der Waals surface area contributed by atoms with Crippen molar-refractivity contribution in [3.8, 4) is 0 Å². The van der Waals surface area contributed by atoms with E-state index in [1.54, 1.807) is 30.3 Å². The molecule has 4 rings (SSSR count). The molecule has 3 aromatic carbocycles. The van der Waals surface area contributed by atoms with Crippen LogP contribution in [0.1, 0.15) is 36.5 Å². The molecule has 210 valence electrons. The quantitative estimate of drug-likeness (QED) is 0.283. The van der Waals surface area contributed by atoms with E-state index in [1.807, 2.05) is 61.3 Å². The lowest BCUT2D eigenvalue weighted by molar-refractivity contribution is 0.368. The summed E-state index contributed by atoms with van der Waals surface area (Å²) in [6.45, 7) is 12.2. The zero-order valence-corrected chi connectivity index (χ0v) is 23.9. The van der Waals surface area contributed by atoms with Crippen LogP contribution in [0.3, 0.4) is 0 Å². The van der Waals surface area contributed by atoms with Crippen molar-refractivity contribution in [2.45, 2.75) is 50.5 Å². The van der Waals surface area contributed by atoms with Crippen molar-refractivity contribution in [1.29, 1.82) is 0 Å². The average molecular weight is 561 g/mol. The number of hydrogen-bond donors (Lipinski definition) is 2. The van der Waals surface area contributed by atoms with Gasteiger partial charge in [0.05, 0.1) is 16.6 Å². The number of allylic oxidation sites excluding steroid dienone is 1. The standard InChI is InChI=1S/C32H37FN4O2S/c1-5-24(3)37(28-11-7-6-8-12-28)35-27-20-21-36(32(22-27)25(4)34)40(38,39)29-17-14-26(15-18-29)16-19-30-23(2)10-9-13-31(30)33/h6-15,17-18,22,32,35H,3-5,16,19-21,34H2,1-2H3. The van der Waals surface area contributed by atoms with Crippen molar-refractivity contribution in [2.24, 2.45) is 5.73 Å². The van der Waals surface area contributed by atoms with Crippen molar-refractivity contribution in [3.63, 3.8) is 0 Å². The molecule has 0 fully saturated rings. The van der Waals surface area contributed by atoms with Crippen LogP contribution in [-0.4, -0.2) is 25.3 Å². The van der Waals surface area contributed by atoms with Crippen molar-refractivity contribution in [3.05, 3.63) is 132 Å². The second-order valence-corrected chi connectivity index (χ2v) is 11.8. The Morgan fingerprint density at radius 2 is 1.75 bits per heavy atom. The van der Waals surface area contributed by atoms with E-state index >= 15 is 0 Å².